The molecule has 3 aromatic carbocycles. The number of rotatable bonds is 6. The maximum absolute atomic E-state index is 12.3. The third-order valence-corrected chi connectivity index (χ3v) is 4.55. The first kappa shape index (κ1) is 18.9. The summed E-state index contributed by atoms with van der Waals surface area (Å²) in [5.74, 6) is 0.378. The van der Waals surface area contributed by atoms with Crippen LogP contribution in [0.5, 0.6) is 5.75 Å². The van der Waals surface area contributed by atoms with Crippen LogP contribution in [0.3, 0.4) is 0 Å². The van der Waals surface area contributed by atoms with E-state index in [2.05, 4.69) is 17.5 Å². The van der Waals surface area contributed by atoms with Crippen LogP contribution in [0, 0.1) is 0 Å². The number of amides is 1. The zero-order chi connectivity index (χ0) is 19.2. The van der Waals surface area contributed by atoms with E-state index >= 15 is 0 Å². The number of hydrazone groups is 1. The Morgan fingerprint density at radius 1 is 1.15 bits per heavy atom. The van der Waals surface area contributed by atoms with Gasteiger partial charge >= 0.3 is 0 Å². The zero-order valence-corrected chi connectivity index (χ0v) is 16.0. The molecular weight excluding hydrogens is 360 g/mol. The second kappa shape index (κ2) is 8.69. The van der Waals surface area contributed by atoms with Gasteiger partial charge in [0.25, 0.3) is 5.91 Å². The van der Waals surface area contributed by atoms with E-state index in [9.17, 15) is 4.79 Å². The van der Waals surface area contributed by atoms with E-state index in [1.54, 1.807) is 24.4 Å². The molecule has 0 fully saturated rings. The smallest absolute Gasteiger partial charge is 0.271 e. The van der Waals surface area contributed by atoms with Crippen molar-refractivity contribution in [1.29, 1.82) is 0 Å². The first-order chi connectivity index (χ1) is 13.1. The van der Waals surface area contributed by atoms with Crippen molar-refractivity contribution >= 4 is 34.5 Å². The SMILES string of the molecule is CCC(C)Oc1ccc(C=NNC(=O)c2ccc3ccccc3c2)cc1Cl. The van der Waals surface area contributed by atoms with E-state index in [1.807, 2.05) is 49.4 Å². The summed E-state index contributed by atoms with van der Waals surface area (Å²) in [6.45, 7) is 4.05. The lowest BCUT2D eigenvalue weighted by atomic mass is 10.1. The summed E-state index contributed by atoms with van der Waals surface area (Å²) in [4.78, 5) is 12.3. The number of benzene rings is 3. The predicted molar refractivity (Wildman–Crippen MR) is 111 cm³/mol. The maximum Gasteiger partial charge on any atom is 0.271 e. The van der Waals surface area contributed by atoms with Gasteiger partial charge in [-0.1, -0.05) is 48.9 Å². The van der Waals surface area contributed by atoms with Gasteiger partial charge in [-0.3, -0.25) is 4.79 Å². The van der Waals surface area contributed by atoms with Crippen molar-refractivity contribution < 1.29 is 9.53 Å². The van der Waals surface area contributed by atoms with E-state index in [0.717, 1.165) is 22.8 Å². The van der Waals surface area contributed by atoms with Crippen molar-refractivity contribution in [3.05, 3.63) is 76.8 Å². The second-order valence-electron chi connectivity index (χ2n) is 6.29. The Morgan fingerprint density at radius 2 is 1.93 bits per heavy atom. The number of nitrogens with one attached hydrogen (secondary N) is 1. The van der Waals surface area contributed by atoms with E-state index in [-0.39, 0.29) is 12.0 Å². The van der Waals surface area contributed by atoms with Crippen LogP contribution >= 0.6 is 11.6 Å². The van der Waals surface area contributed by atoms with Crippen molar-refractivity contribution in [2.24, 2.45) is 5.10 Å². The van der Waals surface area contributed by atoms with Gasteiger partial charge in [0.05, 0.1) is 17.3 Å². The molecule has 0 spiro atoms. The summed E-state index contributed by atoms with van der Waals surface area (Å²) >= 11 is 6.25. The number of fused-ring (bicyclic) bond motifs is 1. The molecule has 4 nitrogen and oxygen atoms in total. The molecule has 0 aromatic heterocycles. The Kier molecular flexibility index (Phi) is 6.09. The third-order valence-electron chi connectivity index (χ3n) is 4.25. The lowest BCUT2D eigenvalue weighted by Gasteiger charge is -2.13. The van der Waals surface area contributed by atoms with Crippen LogP contribution in [0.25, 0.3) is 10.8 Å². The largest absolute Gasteiger partial charge is 0.489 e. The summed E-state index contributed by atoms with van der Waals surface area (Å²) in [5, 5.41) is 6.64. The van der Waals surface area contributed by atoms with Gasteiger partial charge in [-0.25, -0.2) is 5.43 Å². The minimum atomic E-state index is -0.264. The molecule has 5 heteroatoms. The molecule has 138 valence electrons. The Hall–Kier alpha value is -2.85. The molecule has 0 heterocycles. The number of carbonyl (C=O) groups is 1. The van der Waals surface area contributed by atoms with Crippen LogP contribution in [0.1, 0.15) is 36.2 Å². The first-order valence-electron chi connectivity index (χ1n) is 8.85. The number of carbonyl (C=O) groups excluding carboxylic acids is 1. The Labute approximate surface area is 163 Å². The van der Waals surface area contributed by atoms with E-state index in [1.165, 1.54) is 0 Å². The molecule has 0 aliphatic rings. The van der Waals surface area contributed by atoms with E-state index in [4.69, 9.17) is 16.3 Å². The molecule has 0 bridgehead atoms. The standard InChI is InChI=1S/C22H21ClN2O2/c1-3-15(2)27-21-11-8-16(12-20(21)23)14-24-25-22(26)19-10-9-17-6-4-5-7-18(17)13-19/h4-15H,3H2,1-2H3,(H,25,26). The van der Waals surface area contributed by atoms with Gasteiger partial charge in [-0.15, -0.1) is 0 Å². The third kappa shape index (κ3) is 4.86. The average Bonchev–Trinajstić information content (AvgIpc) is 2.69. The second-order valence-corrected chi connectivity index (χ2v) is 6.69. The Bertz CT molecular complexity index is 985. The highest BCUT2D eigenvalue weighted by Crippen LogP contribution is 2.26. The quantitative estimate of drug-likeness (QED) is 0.457. The van der Waals surface area contributed by atoms with Gasteiger partial charge in [-0.05, 0) is 60.0 Å². The Balaban J connectivity index is 1.65. The fourth-order valence-corrected chi connectivity index (χ4v) is 2.79. The highest BCUT2D eigenvalue weighted by atomic mass is 35.5. The Morgan fingerprint density at radius 3 is 2.67 bits per heavy atom. The van der Waals surface area contributed by atoms with Gasteiger partial charge in [-0.2, -0.15) is 5.10 Å². The zero-order valence-electron chi connectivity index (χ0n) is 15.3. The van der Waals surface area contributed by atoms with Gasteiger partial charge < -0.3 is 4.74 Å². The molecular formula is C22H21ClN2O2. The van der Waals surface area contributed by atoms with Crippen LogP contribution in [-0.4, -0.2) is 18.2 Å². The van der Waals surface area contributed by atoms with Gasteiger partial charge in [0.1, 0.15) is 5.75 Å². The van der Waals surface area contributed by atoms with Crippen molar-refractivity contribution in [2.45, 2.75) is 26.4 Å². The topological polar surface area (TPSA) is 50.7 Å². The maximum atomic E-state index is 12.3. The van der Waals surface area contributed by atoms with Gasteiger partial charge in [0.15, 0.2) is 0 Å². The van der Waals surface area contributed by atoms with Gasteiger partial charge in [0.2, 0.25) is 0 Å². The molecule has 1 atom stereocenters. The normalized spacial score (nSPS) is 12.3. The summed E-state index contributed by atoms with van der Waals surface area (Å²) in [7, 11) is 0. The molecule has 0 aliphatic heterocycles. The lowest BCUT2D eigenvalue weighted by Crippen LogP contribution is -2.17. The summed E-state index contributed by atoms with van der Waals surface area (Å²) < 4.78 is 5.74. The lowest BCUT2D eigenvalue weighted by molar-refractivity contribution is 0.0955. The van der Waals surface area contributed by atoms with Crippen LogP contribution in [0.2, 0.25) is 5.02 Å². The molecule has 3 rings (SSSR count). The molecule has 0 aliphatic carbocycles. The molecule has 1 unspecified atom stereocenters. The number of hydrogen-bond donors (Lipinski definition) is 1. The van der Waals surface area contributed by atoms with Gasteiger partial charge in [0, 0.05) is 5.56 Å². The molecule has 0 radical (unpaired) electrons. The number of halogens is 1. The van der Waals surface area contributed by atoms with Crippen molar-refractivity contribution in [3.8, 4) is 5.75 Å². The van der Waals surface area contributed by atoms with Crippen LogP contribution in [0.4, 0.5) is 0 Å². The monoisotopic (exact) mass is 380 g/mol. The summed E-state index contributed by atoms with van der Waals surface area (Å²) in [6, 6.07) is 18.8. The predicted octanol–water partition coefficient (Wildman–Crippen LogP) is 5.43. The first-order valence-corrected chi connectivity index (χ1v) is 9.23. The molecule has 1 amide bonds. The minimum absolute atomic E-state index is 0.100. The fourth-order valence-electron chi connectivity index (χ4n) is 2.55. The number of nitrogens with zero attached hydrogens (tertiary/aromatic N) is 1. The molecule has 0 saturated carbocycles. The minimum Gasteiger partial charge on any atom is -0.489 e. The molecule has 3 aromatic rings. The molecule has 27 heavy (non-hydrogen) atoms. The highest BCUT2D eigenvalue weighted by molar-refractivity contribution is 6.32. The van der Waals surface area contributed by atoms with E-state index in [0.29, 0.717) is 16.3 Å². The number of ether oxygens (including phenoxy) is 1. The van der Waals surface area contributed by atoms with Crippen LogP contribution < -0.4 is 10.2 Å². The van der Waals surface area contributed by atoms with Crippen LogP contribution in [0.15, 0.2) is 65.8 Å². The molecule has 1 N–H and O–H groups in total. The summed E-state index contributed by atoms with van der Waals surface area (Å²) in [6.07, 6.45) is 2.56. The molecule has 0 saturated heterocycles. The van der Waals surface area contributed by atoms with Crippen molar-refractivity contribution in [2.75, 3.05) is 0 Å². The number of hydrogen-bond acceptors (Lipinski definition) is 3. The fraction of sp³-hybridized carbons (Fsp3) is 0.182. The highest BCUT2D eigenvalue weighted by Gasteiger charge is 2.07. The van der Waals surface area contributed by atoms with Crippen LogP contribution in [-0.2, 0) is 0 Å². The van der Waals surface area contributed by atoms with E-state index < -0.39 is 0 Å². The average molecular weight is 381 g/mol. The van der Waals surface area contributed by atoms with Crippen molar-refractivity contribution in [1.82, 2.24) is 5.43 Å². The van der Waals surface area contributed by atoms with Crippen molar-refractivity contribution in [3.63, 3.8) is 0 Å². The summed E-state index contributed by atoms with van der Waals surface area (Å²) in [5.41, 5.74) is 3.87.